The predicted molar refractivity (Wildman–Crippen MR) is 147 cm³/mol. The van der Waals surface area contributed by atoms with Crippen LogP contribution in [0.15, 0.2) is 73.3 Å². The number of rotatable bonds is 10. The molecule has 0 aliphatic rings. The maximum absolute atomic E-state index is 5.70. The quantitative estimate of drug-likeness (QED) is 0.194. The first-order valence-corrected chi connectivity index (χ1v) is 12.9. The molecule has 3 aromatic rings. The molecule has 0 saturated heterocycles. The Morgan fingerprint density at radius 3 is 1.25 bits per heavy atom. The molecule has 0 spiro atoms. The number of hydrogen-bond donors (Lipinski definition) is 0. The van der Waals surface area contributed by atoms with Crippen molar-refractivity contribution in [2.75, 3.05) is 26.2 Å². The van der Waals surface area contributed by atoms with Gasteiger partial charge in [-0.2, -0.15) is 0 Å². The van der Waals surface area contributed by atoms with Crippen molar-refractivity contribution >= 4 is 34.4 Å². The second-order valence-corrected chi connectivity index (χ2v) is 9.07. The van der Waals surface area contributed by atoms with E-state index in [2.05, 4.69) is 120 Å². The molecule has 0 radical (unpaired) electrons. The molecule has 0 fully saturated rings. The first kappa shape index (κ1) is 32.3. The van der Waals surface area contributed by atoms with E-state index in [0.29, 0.717) is 0 Å². The van der Waals surface area contributed by atoms with Crippen LogP contribution < -0.4 is 43.1 Å². The number of pyridine rings is 2. The van der Waals surface area contributed by atoms with Crippen molar-refractivity contribution in [1.29, 1.82) is 0 Å². The summed E-state index contributed by atoms with van der Waals surface area (Å²) in [6, 6.07) is 17.2. The van der Waals surface area contributed by atoms with Crippen LogP contribution >= 0.6 is 24.4 Å². The zero-order chi connectivity index (χ0) is 24.5. The van der Waals surface area contributed by atoms with Crippen LogP contribution in [0, 0.1) is 0 Å². The standard InChI is InChI=1S/C28H36N4S2.2BrH/c1-5-31(6-2)27(33)25-11-9-17-29(21-25)19-23-13-15-24(16-14-23)20-30-18-10-12-26(22-30)28(34)32(7-3)8-4;;/h9-18,21-22H,5-8,19-20H2,1-4H3;2*1H/q+2;;/p-2. The Bertz CT molecular complexity index is 1030. The predicted octanol–water partition coefficient (Wildman–Crippen LogP) is -1.60. The maximum atomic E-state index is 5.70. The molecule has 0 aliphatic carbocycles. The zero-order valence-corrected chi connectivity index (χ0v) is 26.3. The third-order valence-electron chi connectivity index (χ3n) is 6.06. The van der Waals surface area contributed by atoms with Gasteiger partial charge in [-0.05, 0) is 39.8 Å². The summed E-state index contributed by atoms with van der Waals surface area (Å²) in [6.45, 7) is 13.9. The van der Waals surface area contributed by atoms with Gasteiger partial charge in [-0.25, -0.2) is 9.13 Å². The van der Waals surface area contributed by atoms with Gasteiger partial charge in [0.05, 0.1) is 11.1 Å². The Hall–Kier alpha value is -1.74. The normalized spacial score (nSPS) is 10.1. The highest BCUT2D eigenvalue weighted by Gasteiger charge is 2.14. The van der Waals surface area contributed by atoms with E-state index in [4.69, 9.17) is 24.4 Å². The third kappa shape index (κ3) is 8.68. The summed E-state index contributed by atoms with van der Waals surface area (Å²) < 4.78 is 4.40. The van der Waals surface area contributed by atoms with Crippen LogP contribution in [0.2, 0.25) is 0 Å². The lowest BCUT2D eigenvalue weighted by Crippen LogP contribution is -3.00. The van der Waals surface area contributed by atoms with E-state index >= 15 is 0 Å². The number of hydrogen-bond acceptors (Lipinski definition) is 2. The van der Waals surface area contributed by atoms with E-state index in [-0.39, 0.29) is 34.0 Å². The van der Waals surface area contributed by atoms with Crippen LogP contribution in [-0.2, 0) is 13.1 Å². The minimum absolute atomic E-state index is 0. The van der Waals surface area contributed by atoms with Gasteiger partial charge in [0.1, 0.15) is 9.98 Å². The lowest BCUT2D eigenvalue weighted by molar-refractivity contribution is -0.689. The van der Waals surface area contributed by atoms with Gasteiger partial charge in [0.2, 0.25) is 0 Å². The molecule has 0 unspecified atom stereocenters. The number of nitrogens with zero attached hydrogens (tertiary/aromatic N) is 4. The Kier molecular flexibility index (Phi) is 14.5. The van der Waals surface area contributed by atoms with Crippen LogP contribution in [0.5, 0.6) is 0 Å². The number of halogens is 2. The molecule has 0 amide bonds. The first-order chi connectivity index (χ1) is 16.5. The minimum atomic E-state index is 0. The van der Waals surface area contributed by atoms with Gasteiger partial charge in [0, 0.05) is 49.4 Å². The second-order valence-electron chi connectivity index (χ2n) is 8.30. The molecule has 3 rings (SSSR count). The number of thiocarbonyl (C=S) groups is 2. The molecular formula is C28H36Br2N4S2. The van der Waals surface area contributed by atoms with Gasteiger partial charge >= 0.3 is 0 Å². The van der Waals surface area contributed by atoms with Crippen molar-refractivity contribution in [3.05, 3.63) is 95.6 Å². The monoisotopic (exact) mass is 650 g/mol. The van der Waals surface area contributed by atoms with E-state index < -0.39 is 0 Å². The SMILES string of the molecule is CCN(CC)C(=S)c1ccc[n+](Cc2ccc(C[n+]3cccc(C(=S)N(CC)CC)c3)cc2)c1.[Br-].[Br-]. The summed E-state index contributed by atoms with van der Waals surface area (Å²) in [4.78, 5) is 6.25. The summed E-state index contributed by atoms with van der Waals surface area (Å²) >= 11 is 11.4. The lowest BCUT2D eigenvalue weighted by Gasteiger charge is -2.21. The molecule has 4 nitrogen and oxygen atoms in total. The number of aromatic nitrogens is 2. The van der Waals surface area contributed by atoms with E-state index in [1.54, 1.807) is 0 Å². The van der Waals surface area contributed by atoms with Crippen molar-refractivity contribution in [3.63, 3.8) is 0 Å². The molecule has 0 atom stereocenters. The van der Waals surface area contributed by atoms with E-state index in [1.807, 2.05) is 0 Å². The van der Waals surface area contributed by atoms with Crippen LogP contribution in [-0.4, -0.2) is 46.0 Å². The van der Waals surface area contributed by atoms with Crippen LogP contribution in [0.4, 0.5) is 0 Å². The molecule has 36 heavy (non-hydrogen) atoms. The Labute approximate surface area is 248 Å². The van der Waals surface area contributed by atoms with E-state index in [0.717, 1.165) is 60.4 Å². The van der Waals surface area contributed by atoms with Crippen molar-refractivity contribution < 1.29 is 43.1 Å². The van der Waals surface area contributed by atoms with Crippen molar-refractivity contribution in [2.24, 2.45) is 0 Å². The van der Waals surface area contributed by atoms with E-state index in [1.165, 1.54) is 11.1 Å². The summed E-state index contributed by atoms with van der Waals surface area (Å²) in [7, 11) is 0. The van der Waals surface area contributed by atoms with Gasteiger partial charge in [-0.15, -0.1) is 0 Å². The van der Waals surface area contributed by atoms with Gasteiger partial charge in [0.15, 0.2) is 37.9 Å². The van der Waals surface area contributed by atoms with Crippen molar-refractivity contribution in [2.45, 2.75) is 40.8 Å². The fourth-order valence-electron chi connectivity index (χ4n) is 4.05. The number of benzene rings is 1. The molecule has 2 aromatic heterocycles. The summed E-state index contributed by atoms with van der Waals surface area (Å²) in [6.07, 6.45) is 8.49. The largest absolute Gasteiger partial charge is 1.00 e. The Morgan fingerprint density at radius 2 is 0.944 bits per heavy atom. The molecule has 1 aromatic carbocycles. The fraction of sp³-hybridized carbons (Fsp3) is 0.357. The topological polar surface area (TPSA) is 14.2 Å². The van der Waals surface area contributed by atoms with E-state index in [9.17, 15) is 0 Å². The minimum Gasteiger partial charge on any atom is -1.00 e. The molecule has 0 bridgehead atoms. The highest BCUT2D eigenvalue weighted by atomic mass is 79.9. The van der Waals surface area contributed by atoms with Gasteiger partial charge in [-0.1, -0.05) is 48.7 Å². The van der Waals surface area contributed by atoms with Crippen molar-refractivity contribution in [3.8, 4) is 0 Å². The average molecular weight is 653 g/mol. The molecule has 0 aliphatic heterocycles. The summed E-state index contributed by atoms with van der Waals surface area (Å²) in [5, 5.41) is 0. The first-order valence-electron chi connectivity index (χ1n) is 12.1. The highest BCUT2D eigenvalue weighted by molar-refractivity contribution is 7.80. The molecule has 0 N–H and O–H groups in total. The third-order valence-corrected chi connectivity index (χ3v) is 7.05. The Morgan fingerprint density at radius 1 is 0.611 bits per heavy atom. The van der Waals surface area contributed by atoms with Crippen molar-refractivity contribution in [1.82, 2.24) is 9.80 Å². The van der Waals surface area contributed by atoms with Crippen LogP contribution in [0.25, 0.3) is 0 Å². The molecule has 0 saturated carbocycles. The summed E-state index contributed by atoms with van der Waals surface area (Å²) in [5.41, 5.74) is 4.72. The molecular weight excluding hydrogens is 616 g/mol. The van der Waals surface area contributed by atoms with Crippen LogP contribution in [0.1, 0.15) is 49.9 Å². The zero-order valence-electron chi connectivity index (χ0n) is 21.5. The fourth-order valence-corrected chi connectivity index (χ4v) is 4.81. The molecule has 8 heteroatoms. The van der Waals surface area contributed by atoms with Gasteiger partial charge in [-0.3, -0.25) is 0 Å². The maximum Gasteiger partial charge on any atom is 0.179 e. The molecule has 2 heterocycles. The second kappa shape index (κ2) is 16.2. The van der Waals surface area contributed by atoms with Gasteiger partial charge in [0.25, 0.3) is 0 Å². The van der Waals surface area contributed by atoms with Crippen LogP contribution in [0.3, 0.4) is 0 Å². The average Bonchev–Trinajstić information content (AvgIpc) is 2.87. The summed E-state index contributed by atoms with van der Waals surface area (Å²) in [5.74, 6) is 0. The Balaban J connectivity index is 0.00000324. The lowest BCUT2D eigenvalue weighted by atomic mass is 10.1. The highest BCUT2D eigenvalue weighted by Crippen LogP contribution is 2.08. The smallest absolute Gasteiger partial charge is 0.179 e. The molecule has 194 valence electrons. The van der Waals surface area contributed by atoms with Gasteiger partial charge < -0.3 is 43.8 Å².